The first-order valence-electron chi connectivity index (χ1n) is 6.01. The van der Waals surface area contributed by atoms with E-state index >= 15 is 0 Å². The highest BCUT2D eigenvalue weighted by atomic mass is 35.5. The first-order chi connectivity index (χ1) is 8.35. The van der Waals surface area contributed by atoms with Crippen molar-refractivity contribution in [2.45, 2.75) is 19.8 Å². The van der Waals surface area contributed by atoms with Crippen LogP contribution >= 0.6 is 11.6 Å². The summed E-state index contributed by atoms with van der Waals surface area (Å²) in [4.78, 5) is 6.59. The van der Waals surface area contributed by atoms with Crippen LogP contribution in [0.5, 0.6) is 0 Å². The zero-order valence-electron chi connectivity index (χ0n) is 10.0. The summed E-state index contributed by atoms with van der Waals surface area (Å²) in [6.07, 6.45) is 2.27. The van der Waals surface area contributed by atoms with Crippen LogP contribution in [-0.4, -0.2) is 24.0 Å². The highest BCUT2D eigenvalue weighted by Gasteiger charge is 2.12. The van der Waals surface area contributed by atoms with Gasteiger partial charge in [-0.25, -0.2) is 0 Å². The molecule has 0 saturated heterocycles. The molecule has 0 bridgehead atoms. The molecule has 4 heteroatoms. The SMILES string of the molecule is CCCCN(CCCl)c1nc2ccccc2o1. The molecule has 0 N–H and O–H groups in total. The van der Waals surface area contributed by atoms with Crippen molar-refractivity contribution in [1.29, 1.82) is 0 Å². The molecule has 0 radical (unpaired) electrons. The quantitative estimate of drug-likeness (QED) is 0.735. The summed E-state index contributed by atoms with van der Waals surface area (Å²) in [7, 11) is 0. The summed E-state index contributed by atoms with van der Waals surface area (Å²) in [5.74, 6) is 0.586. The number of halogens is 1. The summed E-state index contributed by atoms with van der Waals surface area (Å²) < 4.78 is 5.74. The van der Waals surface area contributed by atoms with Gasteiger partial charge in [0.15, 0.2) is 5.58 Å². The summed E-state index contributed by atoms with van der Waals surface area (Å²) in [5, 5.41) is 0. The number of para-hydroxylation sites is 2. The van der Waals surface area contributed by atoms with Crippen molar-refractivity contribution in [1.82, 2.24) is 4.98 Å². The molecule has 0 aliphatic rings. The van der Waals surface area contributed by atoms with E-state index in [4.69, 9.17) is 16.0 Å². The standard InChI is InChI=1S/C13H17ClN2O/c1-2-3-9-16(10-8-14)13-15-11-6-4-5-7-12(11)17-13/h4-7H,2-3,8-10H2,1H3. The van der Waals surface area contributed by atoms with E-state index < -0.39 is 0 Å². The number of hydrogen-bond donors (Lipinski definition) is 0. The van der Waals surface area contributed by atoms with E-state index in [1.165, 1.54) is 0 Å². The van der Waals surface area contributed by atoms with Gasteiger partial charge in [0, 0.05) is 19.0 Å². The van der Waals surface area contributed by atoms with E-state index in [9.17, 15) is 0 Å². The topological polar surface area (TPSA) is 29.3 Å². The Hall–Kier alpha value is -1.22. The van der Waals surface area contributed by atoms with Crippen LogP contribution in [0.1, 0.15) is 19.8 Å². The summed E-state index contributed by atoms with van der Waals surface area (Å²) >= 11 is 5.81. The minimum absolute atomic E-state index is 0.586. The minimum Gasteiger partial charge on any atom is -0.423 e. The van der Waals surface area contributed by atoms with Crippen LogP contribution in [-0.2, 0) is 0 Å². The minimum atomic E-state index is 0.586. The van der Waals surface area contributed by atoms with E-state index in [-0.39, 0.29) is 0 Å². The lowest BCUT2D eigenvalue weighted by molar-refractivity contribution is 0.564. The van der Waals surface area contributed by atoms with E-state index in [0.29, 0.717) is 11.9 Å². The monoisotopic (exact) mass is 252 g/mol. The lowest BCUT2D eigenvalue weighted by atomic mass is 10.3. The highest BCUT2D eigenvalue weighted by Crippen LogP contribution is 2.21. The molecule has 0 fully saturated rings. The molecular formula is C13H17ClN2O. The largest absolute Gasteiger partial charge is 0.423 e. The van der Waals surface area contributed by atoms with Crippen molar-refractivity contribution in [3.05, 3.63) is 24.3 Å². The van der Waals surface area contributed by atoms with E-state index in [1.807, 2.05) is 24.3 Å². The van der Waals surface area contributed by atoms with Gasteiger partial charge in [0.05, 0.1) is 0 Å². The van der Waals surface area contributed by atoms with Crippen molar-refractivity contribution in [2.24, 2.45) is 0 Å². The average Bonchev–Trinajstić information content (AvgIpc) is 2.78. The van der Waals surface area contributed by atoms with E-state index in [2.05, 4.69) is 16.8 Å². The van der Waals surface area contributed by atoms with E-state index in [1.54, 1.807) is 0 Å². The Balaban J connectivity index is 2.21. The lowest BCUT2D eigenvalue weighted by Gasteiger charge is -2.18. The molecule has 2 rings (SSSR count). The van der Waals surface area contributed by atoms with Crippen LogP contribution in [0.3, 0.4) is 0 Å². The molecule has 0 aliphatic carbocycles. The molecule has 0 amide bonds. The maximum absolute atomic E-state index is 5.81. The predicted molar refractivity (Wildman–Crippen MR) is 71.9 cm³/mol. The molecule has 0 atom stereocenters. The Kier molecular flexibility index (Phi) is 4.26. The molecular weight excluding hydrogens is 236 g/mol. The van der Waals surface area contributed by atoms with Gasteiger partial charge in [0.25, 0.3) is 6.01 Å². The number of aromatic nitrogens is 1. The number of oxazole rings is 1. The maximum Gasteiger partial charge on any atom is 0.298 e. The molecule has 0 unspecified atom stereocenters. The van der Waals surface area contributed by atoms with Crippen LogP contribution in [0.2, 0.25) is 0 Å². The van der Waals surface area contributed by atoms with Crippen LogP contribution in [0.4, 0.5) is 6.01 Å². The Bertz CT molecular complexity index is 436. The highest BCUT2D eigenvalue weighted by molar-refractivity contribution is 6.18. The van der Waals surface area contributed by atoms with Gasteiger partial charge in [-0.1, -0.05) is 25.5 Å². The Morgan fingerprint density at radius 1 is 1.29 bits per heavy atom. The van der Waals surface area contributed by atoms with Gasteiger partial charge >= 0.3 is 0 Å². The molecule has 3 nitrogen and oxygen atoms in total. The number of unbranched alkanes of at least 4 members (excludes halogenated alkanes) is 1. The number of benzene rings is 1. The summed E-state index contributed by atoms with van der Waals surface area (Å²) in [6, 6.07) is 8.49. The number of nitrogens with zero attached hydrogens (tertiary/aromatic N) is 2. The Morgan fingerprint density at radius 2 is 2.12 bits per heavy atom. The number of fused-ring (bicyclic) bond motifs is 1. The average molecular weight is 253 g/mol. The second-order valence-corrected chi connectivity index (χ2v) is 4.37. The van der Waals surface area contributed by atoms with Gasteiger partial charge < -0.3 is 9.32 Å². The van der Waals surface area contributed by atoms with Gasteiger partial charge in [-0.15, -0.1) is 11.6 Å². The normalized spacial score (nSPS) is 10.9. The molecule has 2 aromatic rings. The third-order valence-corrected chi connectivity index (χ3v) is 2.86. The number of alkyl halides is 1. The van der Waals surface area contributed by atoms with Crippen LogP contribution in [0.15, 0.2) is 28.7 Å². The molecule has 0 spiro atoms. The van der Waals surface area contributed by atoms with Gasteiger partial charge in [0.2, 0.25) is 0 Å². The van der Waals surface area contributed by atoms with Crippen LogP contribution in [0.25, 0.3) is 11.1 Å². The fraction of sp³-hybridized carbons (Fsp3) is 0.462. The molecule has 17 heavy (non-hydrogen) atoms. The van der Waals surface area contributed by atoms with E-state index in [0.717, 1.165) is 37.0 Å². The Labute approximate surface area is 106 Å². The maximum atomic E-state index is 5.81. The summed E-state index contributed by atoms with van der Waals surface area (Å²) in [5.41, 5.74) is 1.73. The molecule has 0 aliphatic heterocycles. The van der Waals surface area contributed by atoms with Crippen molar-refractivity contribution < 1.29 is 4.42 Å². The Morgan fingerprint density at radius 3 is 2.82 bits per heavy atom. The molecule has 1 heterocycles. The van der Waals surface area contributed by atoms with Gasteiger partial charge in [-0.05, 0) is 18.6 Å². The fourth-order valence-corrected chi connectivity index (χ4v) is 1.95. The van der Waals surface area contributed by atoms with Crippen LogP contribution < -0.4 is 4.90 Å². The van der Waals surface area contributed by atoms with Gasteiger partial charge in [0.1, 0.15) is 5.52 Å². The number of rotatable bonds is 6. The van der Waals surface area contributed by atoms with Gasteiger partial charge in [-0.3, -0.25) is 0 Å². The second kappa shape index (κ2) is 5.92. The smallest absolute Gasteiger partial charge is 0.298 e. The van der Waals surface area contributed by atoms with Crippen molar-refractivity contribution in [3.63, 3.8) is 0 Å². The van der Waals surface area contributed by atoms with Crippen molar-refractivity contribution in [3.8, 4) is 0 Å². The van der Waals surface area contributed by atoms with Crippen molar-refractivity contribution in [2.75, 3.05) is 23.9 Å². The predicted octanol–water partition coefficient (Wildman–Crippen LogP) is 3.67. The molecule has 1 aromatic carbocycles. The molecule has 92 valence electrons. The first-order valence-corrected chi connectivity index (χ1v) is 6.55. The third kappa shape index (κ3) is 2.91. The lowest BCUT2D eigenvalue weighted by Crippen LogP contribution is -2.26. The van der Waals surface area contributed by atoms with Crippen LogP contribution in [0, 0.1) is 0 Å². The number of hydrogen-bond acceptors (Lipinski definition) is 3. The summed E-state index contributed by atoms with van der Waals surface area (Å²) in [6.45, 7) is 3.88. The molecule has 0 saturated carbocycles. The number of anilines is 1. The van der Waals surface area contributed by atoms with Crippen molar-refractivity contribution >= 4 is 28.7 Å². The first kappa shape index (κ1) is 12.2. The van der Waals surface area contributed by atoms with Gasteiger partial charge in [-0.2, -0.15) is 4.98 Å². The zero-order valence-corrected chi connectivity index (χ0v) is 10.8. The molecule has 1 aromatic heterocycles. The fourth-order valence-electron chi connectivity index (χ4n) is 1.75. The third-order valence-electron chi connectivity index (χ3n) is 2.69. The zero-order chi connectivity index (χ0) is 12.1. The second-order valence-electron chi connectivity index (χ2n) is 3.99.